The van der Waals surface area contributed by atoms with E-state index >= 15 is 0 Å². The first-order valence-electron chi connectivity index (χ1n) is 9.77. The van der Waals surface area contributed by atoms with E-state index in [1.807, 2.05) is 18.2 Å². The molecule has 2 aromatic rings. The number of hydrogen-bond acceptors (Lipinski definition) is 3. The van der Waals surface area contributed by atoms with Crippen LogP contribution in [-0.4, -0.2) is 48.2 Å². The van der Waals surface area contributed by atoms with E-state index in [9.17, 15) is 0 Å². The molecular weight excluding hydrogens is 453 g/mol. The van der Waals surface area contributed by atoms with Gasteiger partial charge in [-0.2, -0.15) is 0 Å². The molecule has 7 heteroatoms. The smallest absolute Gasteiger partial charge is 0.191 e. The first kappa shape index (κ1) is 21.8. The van der Waals surface area contributed by atoms with Crippen molar-refractivity contribution in [1.29, 1.82) is 0 Å². The van der Waals surface area contributed by atoms with E-state index in [0.29, 0.717) is 6.54 Å². The molecule has 0 saturated carbocycles. The van der Waals surface area contributed by atoms with Crippen LogP contribution in [0.5, 0.6) is 0 Å². The zero-order valence-corrected chi connectivity index (χ0v) is 18.5. The van der Waals surface area contributed by atoms with Crippen LogP contribution in [0.3, 0.4) is 0 Å². The zero-order chi connectivity index (χ0) is 18.0. The Hall–Kier alpha value is -1.48. The van der Waals surface area contributed by atoms with Crippen LogP contribution in [0.4, 0.5) is 0 Å². The van der Waals surface area contributed by atoms with E-state index in [0.717, 1.165) is 44.4 Å². The van der Waals surface area contributed by atoms with Crippen molar-refractivity contribution in [2.24, 2.45) is 4.99 Å². The van der Waals surface area contributed by atoms with E-state index < -0.39 is 0 Å². The number of piperidine rings is 1. The Balaban J connectivity index is 0.00000261. The lowest BCUT2D eigenvalue weighted by Crippen LogP contribution is -2.40. The molecule has 6 nitrogen and oxygen atoms in total. The highest BCUT2D eigenvalue weighted by Crippen LogP contribution is 2.25. The third-order valence-electron chi connectivity index (χ3n) is 4.80. The van der Waals surface area contributed by atoms with E-state index in [1.54, 1.807) is 6.26 Å². The zero-order valence-electron chi connectivity index (χ0n) is 16.1. The highest BCUT2D eigenvalue weighted by molar-refractivity contribution is 14.0. The molecule has 0 aliphatic carbocycles. The summed E-state index contributed by atoms with van der Waals surface area (Å²) in [7, 11) is 0. The Morgan fingerprint density at radius 3 is 2.59 bits per heavy atom. The minimum absolute atomic E-state index is 0. The van der Waals surface area contributed by atoms with Crippen LogP contribution < -0.4 is 10.6 Å². The molecule has 3 rings (SSSR count). The fraction of sp³-hybridized carbons (Fsp3) is 0.550. The minimum atomic E-state index is 0. The van der Waals surface area contributed by atoms with Crippen molar-refractivity contribution in [3.05, 3.63) is 48.7 Å². The third kappa shape index (κ3) is 6.88. The standard InChI is InChI=1S/C20H31N5O.HI/c1-2-21-20(22-10-15-24-11-6-7-12-24)23-17-18(19-9-8-16-26-19)25-13-4-3-5-14-25;/h6-9,11-12,16,18H,2-5,10,13-15,17H2,1H3,(H2,21,22,23);1H. The normalized spacial score (nSPS) is 16.6. The van der Waals surface area contributed by atoms with E-state index in [-0.39, 0.29) is 30.0 Å². The van der Waals surface area contributed by atoms with Gasteiger partial charge < -0.3 is 19.6 Å². The SMILES string of the molecule is CCNC(=NCC(c1ccco1)N1CCCCC1)NCCn1cccc1.I. The van der Waals surface area contributed by atoms with Crippen LogP contribution in [-0.2, 0) is 6.54 Å². The Morgan fingerprint density at radius 1 is 1.15 bits per heavy atom. The average Bonchev–Trinajstić information content (AvgIpc) is 3.37. The second-order valence-corrected chi connectivity index (χ2v) is 6.70. The maximum atomic E-state index is 5.72. The summed E-state index contributed by atoms with van der Waals surface area (Å²) in [5, 5.41) is 6.78. The van der Waals surface area contributed by atoms with Gasteiger partial charge in [-0.05, 0) is 57.1 Å². The molecule has 2 N–H and O–H groups in total. The molecule has 1 unspecified atom stereocenters. The molecule has 2 aromatic heterocycles. The van der Waals surface area contributed by atoms with Gasteiger partial charge in [0.05, 0.1) is 18.8 Å². The molecule has 3 heterocycles. The Morgan fingerprint density at radius 2 is 1.93 bits per heavy atom. The van der Waals surface area contributed by atoms with Crippen LogP contribution >= 0.6 is 24.0 Å². The lowest BCUT2D eigenvalue weighted by Gasteiger charge is -2.32. The number of likely N-dealkylation sites (tertiary alicyclic amines) is 1. The van der Waals surface area contributed by atoms with Crippen LogP contribution in [0.1, 0.15) is 38.0 Å². The summed E-state index contributed by atoms with van der Waals surface area (Å²) in [6, 6.07) is 8.35. The maximum Gasteiger partial charge on any atom is 0.191 e. The molecule has 1 aliphatic rings. The van der Waals surface area contributed by atoms with Gasteiger partial charge in [0.15, 0.2) is 5.96 Å². The molecule has 27 heavy (non-hydrogen) atoms. The number of aromatic nitrogens is 1. The molecule has 0 bridgehead atoms. The van der Waals surface area contributed by atoms with Gasteiger partial charge in [-0.1, -0.05) is 6.42 Å². The lowest BCUT2D eigenvalue weighted by atomic mass is 10.1. The fourth-order valence-electron chi connectivity index (χ4n) is 3.44. The number of nitrogens with zero attached hydrogens (tertiary/aromatic N) is 3. The van der Waals surface area contributed by atoms with Crippen molar-refractivity contribution >= 4 is 29.9 Å². The van der Waals surface area contributed by atoms with Gasteiger partial charge in [0.1, 0.15) is 5.76 Å². The van der Waals surface area contributed by atoms with Crippen LogP contribution in [0.15, 0.2) is 52.3 Å². The minimum Gasteiger partial charge on any atom is -0.468 e. The largest absolute Gasteiger partial charge is 0.468 e. The van der Waals surface area contributed by atoms with Gasteiger partial charge in [-0.3, -0.25) is 9.89 Å². The summed E-state index contributed by atoms with van der Waals surface area (Å²) >= 11 is 0. The molecule has 1 saturated heterocycles. The summed E-state index contributed by atoms with van der Waals surface area (Å²) in [4.78, 5) is 7.36. The monoisotopic (exact) mass is 485 g/mol. The summed E-state index contributed by atoms with van der Waals surface area (Å²) in [5.74, 6) is 1.88. The molecule has 150 valence electrons. The third-order valence-corrected chi connectivity index (χ3v) is 4.80. The van der Waals surface area contributed by atoms with E-state index in [4.69, 9.17) is 9.41 Å². The second-order valence-electron chi connectivity index (χ2n) is 6.70. The first-order valence-corrected chi connectivity index (χ1v) is 9.77. The molecular formula is C20H32IN5O. The van der Waals surface area contributed by atoms with Gasteiger partial charge in [0.2, 0.25) is 0 Å². The number of aliphatic imine (C=N–C) groups is 1. The van der Waals surface area contributed by atoms with Crippen LogP contribution in [0.25, 0.3) is 0 Å². The van der Waals surface area contributed by atoms with Crippen LogP contribution in [0.2, 0.25) is 0 Å². The molecule has 0 amide bonds. The van der Waals surface area contributed by atoms with E-state index in [2.05, 4.69) is 45.5 Å². The Labute approximate surface area is 179 Å². The average molecular weight is 485 g/mol. The van der Waals surface area contributed by atoms with Crippen LogP contribution in [0, 0.1) is 0 Å². The Bertz CT molecular complexity index is 635. The quantitative estimate of drug-likeness (QED) is 0.342. The molecule has 0 radical (unpaired) electrons. The van der Waals surface area contributed by atoms with Crippen molar-refractivity contribution in [2.45, 2.75) is 38.8 Å². The highest BCUT2D eigenvalue weighted by atomic mass is 127. The van der Waals surface area contributed by atoms with E-state index in [1.165, 1.54) is 19.3 Å². The molecule has 1 fully saturated rings. The highest BCUT2D eigenvalue weighted by Gasteiger charge is 2.24. The van der Waals surface area contributed by atoms with Crippen molar-refractivity contribution in [3.8, 4) is 0 Å². The summed E-state index contributed by atoms with van der Waals surface area (Å²) in [6.45, 7) is 7.66. The predicted molar refractivity (Wildman–Crippen MR) is 121 cm³/mol. The van der Waals surface area contributed by atoms with Crippen molar-refractivity contribution in [2.75, 3.05) is 32.7 Å². The van der Waals surface area contributed by atoms with Gasteiger partial charge >= 0.3 is 0 Å². The number of halogens is 1. The van der Waals surface area contributed by atoms with Crippen molar-refractivity contribution < 1.29 is 4.42 Å². The lowest BCUT2D eigenvalue weighted by molar-refractivity contribution is 0.150. The maximum absolute atomic E-state index is 5.72. The summed E-state index contributed by atoms with van der Waals surface area (Å²) < 4.78 is 7.88. The number of hydrogen-bond donors (Lipinski definition) is 2. The fourth-order valence-corrected chi connectivity index (χ4v) is 3.44. The van der Waals surface area contributed by atoms with Gasteiger partial charge in [0, 0.05) is 32.0 Å². The van der Waals surface area contributed by atoms with Crippen molar-refractivity contribution in [1.82, 2.24) is 20.1 Å². The topological polar surface area (TPSA) is 57.7 Å². The summed E-state index contributed by atoms with van der Waals surface area (Å²) in [6.07, 6.45) is 9.76. The second kappa shape index (κ2) is 12.1. The van der Waals surface area contributed by atoms with Gasteiger partial charge in [-0.25, -0.2) is 0 Å². The molecule has 0 spiro atoms. The Kier molecular flexibility index (Phi) is 9.75. The number of rotatable bonds is 8. The van der Waals surface area contributed by atoms with Gasteiger partial charge in [0.25, 0.3) is 0 Å². The summed E-state index contributed by atoms with van der Waals surface area (Å²) in [5.41, 5.74) is 0. The first-order chi connectivity index (χ1) is 12.9. The van der Waals surface area contributed by atoms with Gasteiger partial charge in [-0.15, -0.1) is 24.0 Å². The number of furan rings is 1. The molecule has 1 aliphatic heterocycles. The van der Waals surface area contributed by atoms with Crippen molar-refractivity contribution in [3.63, 3.8) is 0 Å². The number of guanidine groups is 1. The predicted octanol–water partition coefficient (Wildman–Crippen LogP) is 3.48. The molecule has 1 atom stereocenters. The number of nitrogens with one attached hydrogen (secondary N) is 2. The molecule has 0 aromatic carbocycles.